The molecule has 0 aromatic carbocycles. The molecule has 1 aliphatic carbocycles. The van der Waals surface area contributed by atoms with Crippen molar-refractivity contribution in [3.63, 3.8) is 0 Å². The Kier molecular flexibility index (Phi) is 5.67. The van der Waals surface area contributed by atoms with E-state index in [9.17, 15) is 0 Å². The summed E-state index contributed by atoms with van der Waals surface area (Å²) in [5.41, 5.74) is 5.51. The summed E-state index contributed by atoms with van der Waals surface area (Å²) in [7, 11) is 0. The quantitative estimate of drug-likeness (QED) is 0.757. The van der Waals surface area contributed by atoms with Crippen LogP contribution >= 0.6 is 0 Å². The minimum Gasteiger partial charge on any atom is -0.378 e. The SMILES string of the molecule is CCC1CCCCC1OCCC(N)C#N. The lowest BCUT2D eigenvalue weighted by Gasteiger charge is -2.30. The monoisotopic (exact) mass is 210 g/mol. The van der Waals surface area contributed by atoms with Crippen LogP contribution in [0, 0.1) is 17.2 Å². The molecule has 1 aliphatic rings. The van der Waals surface area contributed by atoms with Gasteiger partial charge in [-0.15, -0.1) is 0 Å². The van der Waals surface area contributed by atoms with E-state index in [4.69, 9.17) is 15.7 Å². The Bertz CT molecular complexity index is 212. The molecule has 0 aromatic rings. The molecule has 3 nitrogen and oxygen atoms in total. The largest absolute Gasteiger partial charge is 0.378 e. The van der Waals surface area contributed by atoms with E-state index in [1.165, 1.54) is 32.1 Å². The van der Waals surface area contributed by atoms with Gasteiger partial charge in [0.2, 0.25) is 0 Å². The number of nitrogens with two attached hydrogens (primary N) is 1. The molecular formula is C12H22N2O. The molecule has 0 saturated heterocycles. The third kappa shape index (κ3) is 4.19. The number of nitrogens with zero attached hydrogens (tertiary/aromatic N) is 1. The van der Waals surface area contributed by atoms with Crippen molar-refractivity contribution in [3.05, 3.63) is 0 Å². The molecule has 3 atom stereocenters. The second-order valence-corrected chi connectivity index (χ2v) is 4.39. The van der Waals surface area contributed by atoms with E-state index >= 15 is 0 Å². The van der Waals surface area contributed by atoms with Crippen molar-refractivity contribution < 1.29 is 4.74 Å². The molecule has 0 radical (unpaired) electrons. The highest BCUT2D eigenvalue weighted by atomic mass is 16.5. The Morgan fingerprint density at radius 1 is 1.47 bits per heavy atom. The lowest BCUT2D eigenvalue weighted by Crippen LogP contribution is -2.29. The van der Waals surface area contributed by atoms with Crippen LogP contribution in [0.2, 0.25) is 0 Å². The topological polar surface area (TPSA) is 59.0 Å². The predicted molar refractivity (Wildman–Crippen MR) is 60.2 cm³/mol. The first kappa shape index (κ1) is 12.5. The summed E-state index contributed by atoms with van der Waals surface area (Å²) in [4.78, 5) is 0. The van der Waals surface area contributed by atoms with Gasteiger partial charge in [0.1, 0.15) is 0 Å². The summed E-state index contributed by atoms with van der Waals surface area (Å²) in [5, 5.41) is 8.54. The fraction of sp³-hybridized carbons (Fsp3) is 0.917. The van der Waals surface area contributed by atoms with Gasteiger partial charge in [-0.1, -0.05) is 26.2 Å². The van der Waals surface area contributed by atoms with E-state index in [2.05, 4.69) is 6.92 Å². The van der Waals surface area contributed by atoms with Gasteiger partial charge in [-0.25, -0.2) is 0 Å². The Hall–Kier alpha value is -0.590. The number of hydrogen-bond donors (Lipinski definition) is 1. The van der Waals surface area contributed by atoms with E-state index < -0.39 is 0 Å². The zero-order chi connectivity index (χ0) is 11.1. The van der Waals surface area contributed by atoms with E-state index in [-0.39, 0.29) is 6.04 Å². The molecule has 0 spiro atoms. The molecular weight excluding hydrogens is 188 g/mol. The van der Waals surface area contributed by atoms with Gasteiger partial charge in [0.05, 0.1) is 18.2 Å². The van der Waals surface area contributed by atoms with Gasteiger partial charge in [-0.05, 0) is 25.2 Å². The zero-order valence-corrected chi connectivity index (χ0v) is 9.61. The fourth-order valence-electron chi connectivity index (χ4n) is 2.27. The van der Waals surface area contributed by atoms with Crippen molar-refractivity contribution in [3.8, 4) is 6.07 Å². The molecule has 1 saturated carbocycles. The van der Waals surface area contributed by atoms with Crippen molar-refractivity contribution >= 4 is 0 Å². The number of nitriles is 1. The number of ether oxygens (including phenoxy) is 1. The third-order valence-electron chi connectivity index (χ3n) is 3.29. The average molecular weight is 210 g/mol. The first-order valence-corrected chi connectivity index (χ1v) is 6.04. The Balaban J connectivity index is 2.21. The minimum absolute atomic E-state index is 0.367. The predicted octanol–water partition coefficient (Wildman–Crippen LogP) is 2.21. The van der Waals surface area contributed by atoms with Crippen molar-refractivity contribution in [2.75, 3.05) is 6.61 Å². The summed E-state index contributed by atoms with van der Waals surface area (Å²) >= 11 is 0. The third-order valence-corrected chi connectivity index (χ3v) is 3.29. The molecule has 3 unspecified atom stereocenters. The van der Waals surface area contributed by atoms with E-state index in [1.54, 1.807) is 0 Å². The highest BCUT2D eigenvalue weighted by molar-refractivity contribution is 4.86. The molecule has 1 rings (SSSR count). The van der Waals surface area contributed by atoms with Crippen LogP contribution in [0.5, 0.6) is 0 Å². The number of rotatable bonds is 5. The molecule has 3 heteroatoms. The summed E-state index contributed by atoms with van der Waals surface area (Å²) in [5.74, 6) is 0.720. The van der Waals surface area contributed by atoms with E-state index in [1.807, 2.05) is 6.07 Å². The number of hydrogen-bond acceptors (Lipinski definition) is 3. The maximum absolute atomic E-state index is 8.54. The van der Waals surface area contributed by atoms with Crippen LogP contribution < -0.4 is 5.73 Å². The van der Waals surface area contributed by atoms with Gasteiger partial charge in [0.25, 0.3) is 0 Å². The van der Waals surface area contributed by atoms with Crippen LogP contribution in [-0.2, 0) is 4.74 Å². The van der Waals surface area contributed by atoms with Crippen LogP contribution in [0.4, 0.5) is 0 Å². The first-order valence-electron chi connectivity index (χ1n) is 6.04. The van der Waals surface area contributed by atoms with Crippen molar-refractivity contribution in [1.82, 2.24) is 0 Å². The van der Waals surface area contributed by atoms with Crippen LogP contribution in [0.25, 0.3) is 0 Å². The van der Waals surface area contributed by atoms with Crippen LogP contribution in [-0.4, -0.2) is 18.8 Å². The lowest BCUT2D eigenvalue weighted by atomic mass is 9.85. The van der Waals surface area contributed by atoms with Gasteiger partial charge < -0.3 is 10.5 Å². The maximum atomic E-state index is 8.54. The van der Waals surface area contributed by atoms with Crippen molar-refractivity contribution in [1.29, 1.82) is 5.26 Å². The van der Waals surface area contributed by atoms with Gasteiger partial charge in [0, 0.05) is 6.61 Å². The van der Waals surface area contributed by atoms with Crippen LogP contribution in [0.1, 0.15) is 45.4 Å². The fourth-order valence-corrected chi connectivity index (χ4v) is 2.27. The lowest BCUT2D eigenvalue weighted by molar-refractivity contribution is -0.0134. The van der Waals surface area contributed by atoms with Gasteiger partial charge in [0.15, 0.2) is 0 Å². The molecule has 0 bridgehead atoms. The van der Waals surface area contributed by atoms with Crippen molar-refractivity contribution in [2.45, 2.75) is 57.6 Å². The molecule has 15 heavy (non-hydrogen) atoms. The summed E-state index contributed by atoms with van der Waals surface area (Å²) in [6.07, 6.45) is 7.38. The molecule has 0 aliphatic heterocycles. The average Bonchev–Trinajstić information content (AvgIpc) is 2.29. The molecule has 1 fully saturated rings. The Morgan fingerprint density at radius 2 is 2.20 bits per heavy atom. The normalized spacial score (nSPS) is 28.3. The Labute approximate surface area is 92.6 Å². The smallest absolute Gasteiger partial charge is 0.0950 e. The second kappa shape index (κ2) is 6.81. The minimum atomic E-state index is -0.367. The highest BCUT2D eigenvalue weighted by Crippen LogP contribution is 2.29. The van der Waals surface area contributed by atoms with Gasteiger partial charge >= 0.3 is 0 Å². The molecule has 86 valence electrons. The van der Waals surface area contributed by atoms with Gasteiger partial charge in [-0.3, -0.25) is 0 Å². The summed E-state index contributed by atoms with van der Waals surface area (Å²) in [6, 6.07) is 1.66. The van der Waals surface area contributed by atoms with Crippen LogP contribution in [0.3, 0.4) is 0 Å². The second-order valence-electron chi connectivity index (χ2n) is 4.39. The van der Waals surface area contributed by atoms with E-state index in [0.717, 1.165) is 5.92 Å². The van der Waals surface area contributed by atoms with Crippen LogP contribution in [0.15, 0.2) is 0 Å². The first-order chi connectivity index (χ1) is 7.27. The van der Waals surface area contributed by atoms with E-state index in [0.29, 0.717) is 19.1 Å². The molecule has 0 heterocycles. The van der Waals surface area contributed by atoms with Crippen molar-refractivity contribution in [2.24, 2.45) is 11.7 Å². The standard InChI is InChI=1S/C12H22N2O/c1-2-10-5-3-4-6-12(10)15-8-7-11(14)9-13/h10-12H,2-8,14H2,1H3. The Morgan fingerprint density at radius 3 is 2.87 bits per heavy atom. The maximum Gasteiger partial charge on any atom is 0.0950 e. The zero-order valence-electron chi connectivity index (χ0n) is 9.61. The summed E-state index contributed by atoms with van der Waals surface area (Å²) in [6.45, 7) is 2.86. The van der Waals surface area contributed by atoms with Gasteiger partial charge in [-0.2, -0.15) is 5.26 Å². The highest BCUT2D eigenvalue weighted by Gasteiger charge is 2.23. The molecule has 2 N–H and O–H groups in total. The molecule has 0 aromatic heterocycles. The summed E-state index contributed by atoms with van der Waals surface area (Å²) < 4.78 is 5.83. The molecule has 0 amide bonds.